The van der Waals surface area contributed by atoms with E-state index in [-0.39, 0.29) is 26.5 Å². The van der Waals surface area contributed by atoms with Gasteiger partial charge in [-0.3, -0.25) is 39.4 Å². The topological polar surface area (TPSA) is 161 Å². The molecule has 1 saturated carbocycles. The molecule has 0 spiro atoms. The first-order valence-corrected chi connectivity index (χ1v) is 12.8. The molecule has 2 aliphatic rings. The van der Waals surface area contributed by atoms with E-state index in [0.29, 0.717) is 22.9 Å². The minimum atomic E-state index is -0.978. The molecule has 0 unspecified atom stereocenters. The normalized spacial score (nSPS) is 22.9. The number of non-ortho nitro benzene ring substituents is 2. The van der Waals surface area contributed by atoms with Gasteiger partial charge in [0.15, 0.2) is 5.78 Å². The number of ketones is 1. The minimum absolute atomic E-state index is 0.0992. The number of carbonyl (C=O) groups excluding carboxylic acids is 4. The highest BCUT2D eigenvalue weighted by atomic mass is 79.9. The number of fused-ring (bicyclic) bond motifs is 1. The van der Waals surface area contributed by atoms with Crippen LogP contribution in [0.1, 0.15) is 33.6 Å². The average molecular weight is 638 g/mol. The highest BCUT2D eigenvalue weighted by Crippen LogP contribution is 2.43. The molecule has 12 nitrogen and oxygen atoms in total. The second-order valence-electron chi connectivity index (χ2n) is 8.61. The van der Waals surface area contributed by atoms with Crippen molar-refractivity contribution in [3.05, 3.63) is 79.9 Å². The standard InChI is InChI=1S/C23H18Br2N4O8/c24-18-9-16-17(10-19(18)25)23(33)27(22(16)32)26(21(31)13-4-2-6-15(8-13)29(36)37)11-20(30)12-3-1-5-14(7-12)28(34)35/h1-8,16-19H,9-11H2/t16-,17-,18-,19+/m1/s1. The van der Waals surface area contributed by atoms with E-state index in [0.717, 1.165) is 12.1 Å². The van der Waals surface area contributed by atoms with Gasteiger partial charge in [0.1, 0.15) is 6.54 Å². The first-order chi connectivity index (χ1) is 17.5. The first kappa shape index (κ1) is 26.5. The average Bonchev–Trinajstić information content (AvgIpc) is 3.11. The lowest BCUT2D eigenvalue weighted by atomic mass is 9.81. The SMILES string of the molecule is O=C(CN(C(=O)c1cccc([N+](=O)[O-])c1)N1C(=O)[C@@H]2C[C@@H](Br)[C@@H](Br)C[C@H]2C1=O)c1cccc([N+](=O)[O-])c1. The number of benzene rings is 2. The van der Waals surface area contributed by atoms with Gasteiger partial charge in [0.05, 0.1) is 21.7 Å². The molecule has 1 heterocycles. The number of nitrogens with zero attached hydrogens (tertiary/aromatic N) is 4. The van der Waals surface area contributed by atoms with Crippen LogP contribution in [0, 0.1) is 32.1 Å². The van der Waals surface area contributed by atoms with Crippen LogP contribution in [-0.4, -0.2) is 59.6 Å². The lowest BCUT2D eigenvalue weighted by Crippen LogP contribution is -2.52. The smallest absolute Gasteiger partial charge is 0.273 e. The Morgan fingerprint density at radius 3 is 1.81 bits per heavy atom. The monoisotopic (exact) mass is 636 g/mol. The Balaban J connectivity index is 1.73. The van der Waals surface area contributed by atoms with Crippen LogP contribution in [-0.2, 0) is 9.59 Å². The predicted octanol–water partition coefficient (Wildman–Crippen LogP) is 3.67. The summed E-state index contributed by atoms with van der Waals surface area (Å²) >= 11 is 6.98. The summed E-state index contributed by atoms with van der Waals surface area (Å²) in [5.41, 5.74) is -1.07. The van der Waals surface area contributed by atoms with Crippen molar-refractivity contribution in [2.75, 3.05) is 6.54 Å². The van der Waals surface area contributed by atoms with Gasteiger partial charge in [0.2, 0.25) is 0 Å². The van der Waals surface area contributed by atoms with Crippen molar-refractivity contribution in [2.24, 2.45) is 11.8 Å². The number of nitro benzene ring substituents is 2. The van der Waals surface area contributed by atoms with Crippen LogP contribution in [0.4, 0.5) is 11.4 Å². The summed E-state index contributed by atoms with van der Waals surface area (Å²) in [7, 11) is 0. The molecule has 1 aliphatic carbocycles. The lowest BCUT2D eigenvalue weighted by molar-refractivity contribution is -0.385. The fourth-order valence-corrected chi connectivity index (χ4v) is 5.71. The van der Waals surface area contributed by atoms with Crippen LogP contribution in [0.25, 0.3) is 0 Å². The predicted molar refractivity (Wildman–Crippen MR) is 135 cm³/mol. The van der Waals surface area contributed by atoms with Gasteiger partial charge in [-0.05, 0) is 18.9 Å². The summed E-state index contributed by atoms with van der Waals surface area (Å²) in [4.78, 5) is 74.2. The van der Waals surface area contributed by atoms with Gasteiger partial charge in [0.25, 0.3) is 29.1 Å². The third-order valence-corrected chi connectivity index (χ3v) is 9.07. The number of hydrogen-bond donors (Lipinski definition) is 0. The summed E-state index contributed by atoms with van der Waals surface area (Å²) in [6.07, 6.45) is 0.638. The van der Waals surface area contributed by atoms with Crippen LogP contribution in [0.5, 0.6) is 0 Å². The van der Waals surface area contributed by atoms with E-state index in [1.54, 1.807) is 0 Å². The zero-order valence-electron chi connectivity index (χ0n) is 18.9. The fourth-order valence-electron chi connectivity index (χ4n) is 4.47. The number of carbonyl (C=O) groups is 4. The Labute approximate surface area is 226 Å². The molecule has 0 bridgehead atoms. The van der Waals surface area contributed by atoms with Crippen LogP contribution in [0.3, 0.4) is 0 Å². The molecule has 14 heteroatoms. The third kappa shape index (κ3) is 5.16. The van der Waals surface area contributed by atoms with Gasteiger partial charge >= 0.3 is 0 Å². The molecule has 3 amide bonds. The number of halogens is 2. The Morgan fingerprint density at radius 1 is 0.865 bits per heavy atom. The maximum atomic E-state index is 13.6. The number of hydrazine groups is 1. The molecular formula is C23H18Br2N4O8. The van der Waals surface area contributed by atoms with E-state index < -0.39 is 57.4 Å². The molecule has 4 atom stereocenters. The highest BCUT2D eigenvalue weighted by molar-refractivity contribution is 9.12. The zero-order valence-corrected chi connectivity index (χ0v) is 22.0. The maximum Gasteiger partial charge on any atom is 0.273 e. The number of imide groups is 1. The van der Waals surface area contributed by atoms with Gasteiger partial charge in [-0.1, -0.05) is 50.1 Å². The Bertz CT molecular complexity index is 1310. The number of hydrogen-bond acceptors (Lipinski definition) is 8. The van der Waals surface area contributed by atoms with Crippen LogP contribution in [0.15, 0.2) is 48.5 Å². The van der Waals surface area contributed by atoms with Crippen molar-refractivity contribution in [1.82, 2.24) is 10.0 Å². The largest absolute Gasteiger partial charge is 0.292 e. The third-order valence-electron chi connectivity index (χ3n) is 6.34. The van der Waals surface area contributed by atoms with Crippen LogP contribution < -0.4 is 0 Å². The number of amides is 3. The molecular weight excluding hydrogens is 620 g/mol. The van der Waals surface area contributed by atoms with E-state index in [2.05, 4.69) is 31.9 Å². The van der Waals surface area contributed by atoms with E-state index in [1.165, 1.54) is 36.4 Å². The molecule has 0 N–H and O–H groups in total. The molecule has 0 aromatic heterocycles. The van der Waals surface area contributed by atoms with E-state index in [1.807, 2.05) is 0 Å². The van der Waals surface area contributed by atoms with Gasteiger partial charge in [-0.2, -0.15) is 5.01 Å². The number of nitro groups is 2. The van der Waals surface area contributed by atoms with Crippen molar-refractivity contribution in [3.63, 3.8) is 0 Å². The molecule has 37 heavy (non-hydrogen) atoms. The molecule has 0 radical (unpaired) electrons. The number of rotatable bonds is 7. The molecule has 1 saturated heterocycles. The summed E-state index contributed by atoms with van der Waals surface area (Å²) in [6, 6.07) is 9.50. The molecule has 2 aromatic carbocycles. The first-order valence-electron chi connectivity index (χ1n) is 11.0. The van der Waals surface area contributed by atoms with E-state index >= 15 is 0 Å². The zero-order chi connectivity index (χ0) is 27.0. The van der Waals surface area contributed by atoms with Crippen molar-refractivity contribution < 1.29 is 29.0 Å². The number of alkyl halides is 2. The van der Waals surface area contributed by atoms with Crippen molar-refractivity contribution in [3.8, 4) is 0 Å². The molecule has 4 rings (SSSR count). The minimum Gasteiger partial charge on any atom is -0.292 e. The van der Waals surface area contributed by atoms with Gasteiger partial charge in [-0.15, -0.1) is 0 Å². The lowest BCUT2D eigenvalue weighted by Gasteiger charge is -2.30. The second kappa shape index (κ2) is 10.5. The summed E-state index contributed by atoms with van der Waals surface area (Å²) in [6.45, 7) is -0.797. The highest BCUT2D eigenvalue weighted by Gasteiger charge is 2.54. The molecule has 192 valence electrons. The Morgan fingerprint density at radius 2 is 1.32 bits per heavy atom. The van der Waals surface area contributed by atoms with E-state index in [9.17, 15) is 39.4 Å². The van der Waals surface area contributed by atoms with Gasteiger partial charge in [0, 0.05) is 45.0 Å². The molecule has 1 aliphatic heterocycles. The second-order valence-corrected chi connectivity index (χ2v) is 11.0. The number of Topliss-reactive ketones (excluding diaryl/α,β-unsaturated/α-hetero) is 1. The summed E-state index contributed by atoms with van der Waals surface area (Å²) in [5.74, 6) is -4.52. The molecule has 2 fully saturated rings. The van der Waals surface area contributed by atoms with Gasteiger partial charge < -0.3 is 0 Å². The Kier molecular flexibility index (Phi) is 7.50. The van der Waals surface area contributed by atoms with Crippen LogP contribution >= 0.6 is 31.9 Å². The van der Waals surface area contributed by atoms with E-state index in [4.69, 9.17) is 0 Å². The van der Waals surface area contributed by atoms with Crippen LogP contribution in [0.2, 0.25) is 0 Å². The summed E-state index contributed by atoms with van der Waals surface area (Å²) < 4.78 is 0. The quantitative estimate of drug-likeness (QED) is 0.146. The van der Waals surface area contributed by atoms with Gasteiger partial charge in [-0.25, -0.2) is 5.01 Å². The van der Waals surface area contributed by atoms with Crippen molar-refractivity contribution in [1.29, 1.82) is 0 Å². The Hall–Kier alpha value is -3.52. The molecule has 2 aromatic rings. The maximum absolute atomic E-state index is 13.6. The van der Waals surface area contributed by atoms with Crippen molar-refractivity contribution in [2.45, 2.75) is 22.5 Å². The fraction of sp³-hybridized carbons (Fsp3) is 0.304. The summed E-state index contributed by atoms with van der Waals surface area (Å²) in [5, 5.41) is 23.7. The van der Waals surface area contributed by atoms with Crippen molar-refractivity contribution >= 4 is 66.7 Å².